The van der Waals surface area contributed by atoms with Crippen LogP contribution in [0.1, 0.15) is 54.2 Å². The van der Waals surface area contributed by atoms with Gasteiger partial charge in [0.2, 0.25) is 0 Å². The van der Waals surface area contributed by atoms with E-state index in [4.69, 9.17) is 0 Å². The molecule has 0 aromatic heterocycles. The second-order valence-corrected chi connectivity index (χ2v) is 4.55. The summed E-state index contributed by atoms with van der Waals surface area (Å²) in [5.74, 6) is 0.106. The van der Waals surface area contributed by atoms with Crippen LogP contribution in [0.3, 0.4) is 0 Å². The van der Waals surface area contributed by atoms with Crippen molar-refractivity contribution in [3.63, 3.8) is 0 Å². The Labute approximate surface area is 95.7 Å². The average molecular weight is 220 g/mol. The van der Waals surface area contributed by atoms with Crippen LogP contribution in [0, 0.1) is 5.92 Å². The SMILES string of the molecule is O=Cc1ccccc1C(F)C1CCCCC1. The molecule has 1 aromatic carbocycles. The van der Waals surface area contributed by atoms with Crippen LogP contribution in [0.25, 0.3) is 0 Å². The van der Waals surface area contributed by atoms with Gasteiger partial charge in [-0.15, -0.1) is 0 Å². The van der Waals surface area contributed by atoms with E-state index in [1.807, 2.05) is 0 Å². The van der Waals surface area contributed by atoms with E-state index in [1.165, 1.54) is 6.42 Å². The highest BCUT2D eigenvalue weighted by atomic mass is 19.1. The Morgan fingerprint density at radius 1 is 1.19 bits per heavy atom. The predicted octanol–water partition coefficient (Wildman–Crippen LogP) is 4.09. The molecule has 0 bridgehead atoms. The van der Waals surface area contributed by atoms with Crippen LogP contribution in [-0.2, 0) is 0 Å². The van der Waals surface area contributed by atoms with Gasteiger partial charge in [-0.2, -0.15) is 0 Å². The zero-order valence-electron chi connectivity index (χ0n) is 9.36. The van der Waals surface area contributed by atoms with Crippen molar-refractivity contribution in [1.29, 1.82) is 0 Å². The van der Waals surface area contributed by atoms with Crippen molar-refractivity contribution < 1.29 is 9.18 Å². The molecule has 1 atom stereocenters. The van der Waals surface area contributed by atoms with Gasteiger partial charge in [0, 0.05) is 5.56 Å². The maximum absolute atomic E-state index is 14.3. The largest absolute Gasteiger partial charge is 0.298 e. The van der Waals surface area contributed by atoms with Crippen molar-refractivity contribution in [3.8, 4) is 0 Å². The maximum atomic E-state index is 14.3. The molecule has 1 aliphatic carbocycles. The van der Waals surface area contributed by atoms with Gasteiger partial charge in [-0.05, 0) is 24.3 Å². The molecule has 1 unspecified atom stereocenters. The van der Waals surface area contributed by atoms with E-state index in [-0.39, 0.29) is 5.92 Å². The normalized spacial score (nSPS) is 19.3. The molecule has 2 heteroatoms. The van der Waals surface area contributed by atoms with Gasteiger partial charge in [0.25, 0.3) is 0 Å². The molecule has 1 fully saturated rings. The van der Waals surface area contributed by atoms with Crippen LogP contribution in [-0.4, -0.2) is 6.29 Å². The van der Waals surface area contributed by atoms with Crippen molar-refractivity contribution >= 4 is 6.29 Å². The Balaban J connectivity index is 2.18. The molecular formula is C14H17FO. The molecule has 0 spiro atoms. The van der Waals surface area contributed by atoms with Crippen LogP contribution in [0.15, 0.2) is 24.3 Å². The van der Waals surface area contributed by atoms with Crippen molar-refractivity contribution in [2.45, 2.75) is 38.3 Å². The summed E-state index contributed by atoms with van der Waals surface area (Å²) in [5.41, 5.74) is 1.07. The summed E-state index contributed by atoms with van der Waals surface area (Å²) in [5, 5.41) is 0. The van der Waals surface area contributed by atoms with Crippen molar-refractivity contribution in [1.82, 2.24) is 0 Å². The van der Waals surface area contributed by atoms with Crippen LogP contribution in [0.5, 0.6) is 0 Å². The van der Waals surface area contributed by atoms with E-state index in [9.17, 15) is 9.18 Å². The zero-order valence-corrected chi connectivity index (χ0v) is 9.36. The smallest absolute Gasteiger partial charge is 0.150 e. The standard InChI is InChI=1S/C14H17FO/c15-14(11-6-2-1-3-7-11)13-9-5-4-8-12(13)10-16/h4-5,8-11,14H,1-3,6-7H2. The summed E-state index contributed by atoms with van der Waals surface area (Å²) in [7, 11) is 0. The molecule has 86 valence electrons. The Kier molecular flexibility index (Phi) is 3.70. The zero-order chi connectivity index (χ0) is 11.4. The number of hydrogen-bond donors (Lipinski definition) is 0. The maximum Gasteiger partial charge on any atom is 0.150 e. The Morgan fingerprint density at radius 3 is 2.56 bits per heavy atom. The first-order valence-corrected chi connectivity index (χ1v) is 6.01. The van der Waals surface area contributed by atoms with Gasteiger partial charge < -0.3 is 0 Å². The van der Waals surface area contributed by atoms with Crippen molar-refractivity contribution in [2.75, 3.05) is 0 Å². The average Bonchev–Trinajstić information content (AvgIpc) is 2.39. The molecule has 0 heterocycles. The monoisotopic (exact) mass is 220 g/mol. The third-order valence-electron chi connectivity index (χ3n) is 3.48. The molecule has 0 saturated heterocycles. The molecular weight excluding hydrogens is 203 g/mol. The van der Waals surface area contributed by atoms with Gasteiger partial charge in [-0.1, -0.05) is 43.5 Å². The van der Waals surface area contributed by atoms with Crippen molar-refractivity contribution in [3.05, 3.63) is 35.4 Å². The van der Waals surface area contributed by atoms with Crippen LogP contribution in [0.4, 0.5) is 4.39 Å². The van der Waals surface area contributed by atoms with Crippen molar-refractivity contribution in [2.24, 2.45) is 5.92 Å². The first-order valence-electron chi connectivity index (χ1n) is 6.01. The lowest BCUT2D eigenvalue weighted by molar-refractivity contribution is 0.111. The Bertz CT molecular complexity index is 356. The highest BCUT2D eigenvalue weighted by molar-refractivity contribution is 5.77. The quantitative estimate of drug-likeness (QED) is 0.701. The second-order valence-electron chi connectivity index (χ2n) is 4.55. The molecule has 1 nitrogen and oxygen atoms in total. The minimum atomic E-state index is -0.971. The molecule has 2 rings (SSSR count). The molecule has 1 aliphatic rings. The topological polar surface area (TPSA) is 17.1 Å². The lowest BCUT2D eigenvalue weighted by Gasteiger charge is -2.25. The fourth-order valence-corrected chi connectivity index (χ4v) is 2.55. The number of halogens is 1. The summed E-state index contributed by atoms with van der Waals surface area (Å²) in [4.78, 5) is 10.8. The van der Waals surface area contributed by atoms with Gasteiger partial charge in [0.15, 0.2) is 0 Å². The Hall–Kier alpha value is -1.18. The summed E-state index contributed by atoms with van der Waals surface area (Å²) in [6, 6.07) is 7.01. The second kappa shape index (κ2) is 5.24. The minimum Gasteiger partial charge on any atom is -0.298 e. The van der Waals surface area contributed by atoms with Gasteiger partial charge in [0.1, 0.15) is 12.5 Å². The Morgan fingerprint density at radius 2 is 1.88 bits per heavy atom. The highest BCUT2D eigenvalue weighted by Crippen LogP contribution is 2.37. The summed E-state index contributed by atoms with van der Waals surface area (Å²) < 4.78 is 14.3. The first kappa shape index (κ1) is 11.3. The van der Waals surface area contributed by atoms with E-state index < -0.39 is 6.17 Å². The highest BCUT2D eigenvalue weighted by Gasteiger charge is 2.26. The number of alkyl halides is 1. The molecule has 0 amide bonds. The molecule has 0 radical (unpaired) electrons. The van der Waals surface area contributed by atoms with E-state index in [2.05, 4.69) is 0 Å². The third kappa shape index (κ3) is 2.31. The van der Waals surface area contributed by atoms with Crippen LogP contribution in [0.2, 0.25) is 0 Å². The fourth-order valence-electron chi connectivity index (χ4n) is 2.55. The lowest BCUT2D eigenvalue weighted by Crippen LogP contribution is -2.14. The van der Waals surface area contributed by atoms with Crippen LogP contribution >= 0.6 is 0 Å². The molecule has 16 heavy (non-hydrogen) atoms. The number of rotatable bonds is 3. The van der Waals surface area contributed by atoms with E-state index in [0.29, 0.717) is 11.1 Å². The molecule has 1 saturated carbocycles. The number of carbonyl (C=O) groups excluding carboxylic acids is 1. The third-order valence-corrected chi connectivity index (χ3v) is 3.48. The molecule has 0 aliphatic heterocycles. The number of benzene rings is 1. The van der Waals surface area contributed by atoms with E-state index in [0.717, 1.165) is 32.0 Å². The number of hydrogen-bond acceptors (Lipinski definition) is 1. The van der Waals surface area contributed by atoms with Crippen LogP contribution < -0.4 is 0 Å². The molecule has 0 N–H and O–H groups in total. The van der Waals surface area contributed by atoms with Gasteiger partial charge in [-0.25, -0.2) is 4.39 Å². The minimum absolute atomic E-state index is 0.106. The summed E-state index contributed by atoms with van der Waals surface area (Å²) >= 11 is 0. The summed E-state index contributed by atoms with van der Waals surface area (Å²) in [6.07, 6.45) is 5.15. The number of carbonyl (C=O) groups is 1. The first-order chi connectivity index (χ1) is 7.83. The fraction of sp³-hybridized carbons (Fsp3) is 0.500. The van der Waals surface area contributed by atoms with Gasteiger partial charge in [-0.3, -0.25) is 4.79 Å². The molecule has 1 aromatic rings. The lowest BCUT2D eigenvalue weighted by atomic mass is 9.82. The van der Waals surface area contributed by atoms with Gasteiger partial charge >= 0.3 is 0 Å². The van der Waals surface area contributed by atoms with Gasteiger partial charge in [0.05, 0.1) is 0 Å². The van der Waals surface area contributed by atoms with E-state index >= 15 is 0 Å². The predicted molar refractivity (Wildman–Crippen MR) is 62.3 cm³/mol. The summed E-state index contributed by atoms with van der Waals surface area (Å²) in [6.45, 7) is 0. The van der Waals surface area contributed by atoms with E-state index in [1.54, 1.807) is 24.3 Å². The number of aldehydes is 1.